The molecular weight excluding hydrogens is 408 g/mol. The number of amides is 2. The lowest BCUT2D eigenvalue weighted by Crippen LogP contribution is -2.52. The highest BCUT2D eigenvalue weighted by atomic mass is 79.9. The van der Waals surface area contributed by atoms with Crippen molar-refractivity contribution in [2.75, 3.05) is 11.4 Å². The van der Waals surface area contributed by atoms with E-state index in [4.69, 9.17) is 11.6 Å². The zero-order chi connectivity index (χ0) is 18.0. The predicted octanol–water partition coefficient (Wildman–Crippen LogP) is 2.89. The van der Waals surface area contributed by atoms with Gasteiger partial charge in [-0.05, 0) is 35.9 Å². The molecule has 2 amide bonds. The number of rotatable bonds is 4. The third-order valence-electron chi connectivity index (χ3n) is 4.13. The molecule has 2 aromatic carbocycles. The van der Waals surface area contributed by atoms with Crippen molar-refractivity contribution in [3.05, 3.63) is 63.6 Å². The summed E-state index contributed by atoms with van der Waals surface area (Å²) in [5.41, 5.74) is -0.634. The predicted molar refractivity (Wildman–Crippen MR) is 99.4 cm³/mol. The first-order valence-electron chi connectivity index (χ1n) is 7.73. The fraction of sp³-hybridized carbons (Fsp3) is 0.222. The van der Waals surface area contributed by atoms with Crippen LogP contribution in [0.4, 0.5) is 5.69 Å². The Bertz CT molecular complexity index is 829. The maximum Gasteiger partial charge on any atom is 0.268 e. The summed E-state index contributed by atoms with van der Waals surface area (Å²) in [6.07, 6.45) is 0.0304. The average molecular weight is 424 g/mol. The minimum absolute atomic E-state index is 0.0304. The van der Waals surface area contributed by atoms with Crippen LogP contribution < -0.4 is 10.2 Å². The number of carbonyl (C=O) groups is 2. The van der Waals surface area contributed by atoms with Crippen molar-refractivity contribution in [3.8, 4) is 0 Å². The average Bonchev–Trinajstić information content (AvgIpc) is 2.89. The van der Waals surface area contributed by atoms with Crippen LogP contribution in [0.1, 0.15) is 12.0 Å². The Balaban J connectivity index is 1.71. The van der Waals surface area contributed by atoms with E-state index in [2.05, 4.69) is 21.2 Å². The van der Waals surface area contributed by atoms with Gasteiger partial charge >= 0.3 is 0 Å². The van der Waals surface area contributed by atoms with E-state index in [1.54, 1.807) is 24.3 Å². The Morgan fingerprint density at radius 3 is 2.76 bits per heavy atom. The Kier molecular flexibility index (Phi) is 5.13. The van der Waals surface area contributed by atoms with Crippen LogP contribution in [0, 0.1) is 0 Å². The molecule has 0 saturated carbocycles. The standard InChI is InChI=1S/C18H16BrClN2O3/c19-13-4-1-3-12(9-13)11-21-16(23)18(25)7-8-22(17(18)24)15-6-2-5-14(20)10-15/h1-6,9-10,25H,7-8,11H2,(H,21,23). The van der Waals surface area contributed by atoms with Gasteiger partial charge in [0, 0.05) is 34.7 Å². The molecule has 25 heavy (non-hydrogen) atoms. The van der Waals surface area contributed by atoms with Crippen LogP contribution in [0.5, 0.6) is 0 Å². The van der Waals surface area contributed by atoms with Crippen molar-refractivity contribution in [3.63, 3.8) is 0 Å². The Labute approximate surface area is 158 Å². The molecule has 1 unspecified atom stereocenters. The number of halogens is 2. The number of hydrogen-bond donors (Lipinski definition) is 2. The summed E-state index contributed by atoms with van der Waals surface area (Å²) >= 11 is 9.31. The molecule has 0 aliphatic carbocycles. The van der Waals surface area contributed by atoms with Gasteiger partial charge in [0.05, 0.1) is 0 Å². The molecule has 1 aliphatic heterocycles. The minimum atomic E-state index is -2.06. The molecule has 1 atom stereocenters. The number of anilines is 1. The molecule has 130 valence electrons. The molecule has 0 aromatic heterocycles. The Hall–Kier alpha value is -1.89. The normalized spacial score (nSPS) is 20.0. The second kappa shape index (κ2) is 7.15. The van der Waals surface area contributed by atoms with E-state index < -0.39 is 17.4 Å². The molecule has 0 bridgehead atoms. The van der Waals surface area contributed by atoms with Crippen molar-refractivity contribution in [1.29, 1.82) is 0 Å². The van der Waals surface area contributed by atoms with Gasteiger partial charge in [-0.2, -0.15) is 0 Å². The van der Waals surface area contributed by atoms with Gasteiger partial charge in [0.2, 0.25) is 5.60 Å². The van der Waals surface area contributed by atoms with Crippen molar-refractivity contribution in [2.24, 2.45) is 0 Å². The molecular formula is C18H16BrClN2O3. The summed E-state index contributed by atoms with van der Waals surface area (Å²) in [7, 11) is 0. The maximum absolute atomic E-state index is 12.6. The van der Waals surface area contributed by atoms with Crippen molar-refractivity contribution < 1.29 is 14.7 Å². The second-order valence-electron chi connectivity index (χ2n) is 5.86. The van der Waals surface area contributed by atoms with Crippen LogP contribution in [0.2, 0.25) is 5.02 Å². The van der Waals surface area contributed by atoms with E-state index in [0.29, 0.717) is 10.7 Å². The largest absolute Gasteiger partial charge is 0.372 e. The third-order valence-corrected chi connectivity index (χ3v) is 4.86. The highest BCUT2D eigenvalue weighted by Crippen LogP contribution is 2.30. The van der Waals surface area contributed by atoms with Crippen LogP contribution in [0.25, 0.3) is 0 Å². The summed E-state index contributed by atoms with van der Waals surface area (Å²) in [5.74, 6) is -1.33. The lowest BCUT2D eigenvalue weighted by Gasteiger charge is -2.22. The SMILES string of the molecule is O=C(NCc1cccc(Br)c1)C1(O)CCN(c2cccc(Cl)c2)C1=O. The maximum atomic E-state index is 12.6. The number of hydrogen-bond acceptors (Lipinski definition) is 3. The van der Waals surface area contributed by atoms with Gasteiger partial charge in [0.25, 0.3) is 11.8 Å². The lowest BCUT2D eigenvalue weighted by atomic mass is 10.0. The number of nitrogens with zero attached hydrogens (tertiary/aromatic N) is 1. The molecule has 1 saturated heterocycles. The fourth-order valence-corrected chi connectivity index (χ4v) is 3.41. The molecule has 0 spiro atoms. The van der Waals surface area contributed by atoms with Gasteiger partial charge in [-0.15, -0.1) is 0 Å². The van der Waals surface area contributed by atoms with E-state index in [9.17, 15) is 14.7 Å². The smallest absolute Gasteiger partial charge is 0.268 e. The molecule has 2 N–H and O–H groups in total. The quantitative estimate of drug-likeness (QED) is 0.743. The number of carbonyl (C=O) groups excluding carboxylic acids is 2. The van der Waals surface area contributed by atoms with Crippen LogP contribution >= 0.6 is 27.5 Å². The highest BCUT2D eigenvalue weighted by Gasteiger charge is 2.51. The molecule has 1 fully saturated rings. The van der Waals surface area contributed by atoms with E-state index in [1.807, 2.05) is 24.3 Å². The van der Waals surface area contributed by atoms with Crippen molar-refractivity contribution in [2.45, 2.75) is 18.6 Å². The van der Waals surface area contributed by atoms with Gasteiger partial charge in [-0.25, -0.2) is 0 Å². The van der Waals surface area contributed by atoms with Crippen LogP contribution in [0.3, 0.4) is 0 Å². The summed E-state index contributed by atoms with van der Waals surface area (Å²) in [6, 6.07) is 14.2. The summed E-state index contributed by atoms with van der Waals surface area (Å²) in [5, 5.41) is 13.7. The monoisotopic (exact) mass is 422 g/mol. The van der Waals surface area contributed by atoms with Gasteiger partial charge in [0.15, 0.2) is 0 Å². The zero-order valence-corrected chi connectivity index (χ0v) is 15.5. The van der Waals surface area contributed by atoms with Crippen molar-refractivity contribution >= 4 is 45.0 Å². The first-order chi connectivity index (χ1) is 11.9. The number of benzene rings is 2. The molecule has 5 nitrogen and oxygen atoms in total. The molecule has 7 heteroatoms. The molecule has 0 radical (unpaired) electrons. The molecule has 1 aliphatic rings. The summed E-state index contributed by atoms with van der Waals surface area (Å²) in [6.45, 7) is 0.477. The lowest BCUT2D eigenvalue weighted by molar-refractivity contribution is -0.149. The molecule has 1 heterocycles. The first kappa shape index (κ1) is 17.9. The molecule has 3 rings (SSSR count). The van der Waals surface area contributed by atoms with Crippen LogP contribution in [-0.2, 0) is 16.1 Å². The number of nitrogens with one attached hydrogen (secondary N) is 1. The molecule has 2 aromatic rings. The van der Waals surface area contributed by atoms with E-state index >= 15 is 0 Å². The fourth-order valence-electron chi connectivity index (χ4n) is 2.78. The van der Waals surface area contributed by atoms with Gasteiger partial charge < -0.3 is 15.3 Å². The third kappa shape index (κ3) is 3.71. The Morgan fingerprint density at radius 2 is 2.04 bits per heavy atom. The first-order valence-corrected chi connectivity index (χ1v) is 8.90. The minimum Gasteiger partial charge on any atom is -0.372 e. The topological polar surface area (TPSA) is 69.6 Å². The van der Waals surface area contributed by atoms with E-state index in [1.165, 1.54) is 4.90 Å². The van der Waals surface area contributed by atoms with Crippen molar-refractivity contribution in [1.82, 2.24) is 5.32 Å². The zero-order valence-electron chi connectivity index (χ0n) is 13.2. The summed E-state index contributed by atoms with van der Waals surface area (Å²) < 4.78 is 0.891. The van der Waals surface area contributed by atoms with E-state index in [0.717, 1.165) is 10.0 Å². The van der Waals surface area contributed by atoms with E-state index in [-0.39, 0.29) is 19.5 Å². The summed E-state index contributed by atoms with van der Waals surface area (Å²) in [4.78, 5) is 26.4. The number of aliphatic hydroxyl groups is 1. The second-order valence-corrected chi connectivity index (χ2v) is 7.21. The van der Waals surface area contributed by atoms with Crippen LogP contribution in [-0.4, -0.2) is 29.1 Å². The van der Waals surface area contributed by atoms with Gasteiger partial charge in [0.1, 0.15) is 0 Å². The Morgan fingerprint density at radius 1 is 1.28 bits per heavy atom. The highest BCUT2D eigenvalue weighted by molar-refractivity contribution is 9.10. The van der Waals surface area contributed by atoms with Gasteiger partial charge in [-0.3, -0.25) is 9.59 Å². The van der Waals surface area contributed by atoms with Gasteiger partial charge in [-0.1, -0.05) is 45.7 Å². The van der Waals surface area contributed by atoms with Crippen LogP contribution in [0.15, 0.2) is 53.0 Å².